The molecule has 0 aromatic heterocycles. The highest BCUT2D eigenvalue weighted by molar-refractivity contribution is 6.22. The Bertz CT molecular complexity index is 337. The second-order valence-electron chi connectivity index (χ2n) is 2.40. The quantitative estimate of drug-likeness (QED) is 0.265. The number of hydrogen-bond donors (Lipinski definition) is 0. The maximum absolute atomic E-state index is 11.1. The second-order valence-corrected chi connectivity index (χ2v) is 2.40. The van der Waals surface area contributed by atoms with Gasteiger partial charge in [0.05, 0.1) is 14.1 Å². The van der Waals surface area contributed by atoms with Crippen molar-refractivity contribution in [3.05, 3.63) is 5.57 Å². The molecule has 12 heavy (non-hydrogen) atoms. The monoisotopic (exact) mass is 167 g/mol. The fourth-order valence-electron chi connectivity index (χ4n) is 0.878. The van der Waals surface area contributed by atoms with E-state index in [0.29, 0.717) is 0 Å². The Hall–Kier alpha value is -1.74. The fourth-order valence-corrected chi connectivity index (χ4v) is 0.878. The number of nitrogens with zero attached hydrogens (tertiary/aromatic N) is 2. The van der Waals surface area contributed by atoms with Gasteiger partial charge in [-0.3, -0.25) is 0 Å². The third kappa shape index (κ3) is 1.06. The van der Waals surface area contributed by atoms with Crippen LogP contribution in [0.2, 0.25) is 0 Å². The zero-order chi connectivity index (χ0) is 9.30. The minimum absolute atomic E-state index is 0.139. The van der Waals surface area contributed by atoms with Crippen molar-refractivity contribution in [3.8, 4) is 0 Å². The molecule has 1 rings (SSSR count). The van der Waals surface area contributed by atoms with Crippen LogP contribution in [-0.2, 0) is 9.59 Å². The maximum atomic E-state index is 11.1. The molecular weight excluding hydrogens is 160 g/mol. The molecule has 0 aromatic rings. The van der Waals surface area contributed by atoms with E-state index in [2.05, 4.69) is 0 Å². The van der Waals surface area contributed by atoms with Gasteiger partial charge in [-0.05, 0) is 0 Å². The number of rotatable bonds is 0. The van der Waals surface area contributed by atoms with Crippen LogP contribution < -0.4 is 0 Å². The van der Waals surface area contributed by atoms with Crippen LogP contribution in [0, 0.1) is 0 Å². The molecule has 1 aliphatic rings. The highest BCUT2D eigenvalue weighted by Gasteiger charge is 2.35. The summed E-state index contributed by atoms with van der Waals surface area (Å²) in [4.78, 5) is 33.2. The fraction of sp³-hybridized carbons (Fsp3) is 0.286. The van der Waals surface area contributed by atoms with Gasteiger partial charge in [0.25, 0.3) is 0 Å². The van der Waals surface area contributed by atoms with E-state index in [1.807, 2.05) is 0 Å². The number of hydrogen-bond acceptors (Lipinski definition) is 3. The van der Waals surface area contributed by atoms with E-state index in [1.54, 1.807) is 0 Å². The van der Waals surface area contributed by atoms with E-state index < -0.39 is 11.9 Å². The van der Waals surface area contributed by atoms with Gasteiger partial charge >= 0.3 is 11.9 Å². The van der Waals surface area contributed by atoms with Crippen molar-refractivity contribution in [1.82, 2.24) is 4.90 Å². The van der Waals surface area contributed by atoms with Crippen LogP contribution in [-0.4, -0.2) is 47.7 Å². The van der Waals surface area contributed by atoms with Gasteiger partial charge in [-0.2, -0.15) is 14.3 Å². The van der Waals surface area contributed by atoms with Crippen molar-refractivity contribution in [2.75, 3.05) is 14.1 Å². The van der Waals surface area contributed by atoms with Gasteiger partial charge in [0.15, 0.2) is 5.57 Å². The van der Waals surface area contributed by atoms with E-state index >= 15 is 0 Å². The first-order valence-electron chi connectivity index (χ1n) is 3.22. The van der Waals surface area contributed by atoms with Crippen LogP contribution in [0.5, 0.6) is 0 Å². The Morgan fingerprint density at radius 1 is 1.50 bits per heavy atom. The summed E-state index contributed by atoms with van der Waals surface area (Å²) in [5.74, 6) is 0.844. The van der Waals surface area contributed by atoms with Gasteiger partial charge in [0.2, 0.25) is 0 Å². The van der Waals surface area contributed by atoms with Crippen molar-refractivity contribution in [2.45, 2.75) is 0 Å². The summed E-state index contributed by atoms with van der Waals surface area (Å²) < 4.78 is 1.15. The standard InChI is InChI=1S/C7H7N2O3/c1-8-3-5(4-10)6(11)9(2)7(8)12/h3H,1-2H3/q+1. The third-order valence-electron chi connectivity index (χ3n) is 1.56. The molecule has 0 radical (unpaired) electrons. The van der Waals surface area contributed by atoms with Crippen LogP contribution in [0.4, 0.5) is 4.79 Å². The molecule has 0 saturated heterocycles. The average Bonchev–Trinajstić information content (AvgIpc) is 2.08. The van der Waals surface area contributed by atoms with E-state index in [9.17, 15) is 14.4 Å². The van der Waals surface area contributed by atoms with E-state index in [4.69, 9.17) is 0 Å². The smallest absolute Gasteiger partial charge is 0.240 e. The lowest BCUT2D eigenvalue weighted by Gasteiger charge is -2.11. The van der Waals surface area contributed by atoms with Crippen LogP contribution in [0.25, 0.3) is 0 Å². The molecule has 0 spiro atoms. The van der Waals surface area contributed by atoms with Crippen LogP contribution in [0.1, 0.15) is 0 Å². The number of carbonyl (C=O) groups excluding carboxylic acids is 3. The Morgan fingerprint density at radius 3 is 2.58 bits per heavy atom. The molecule has 0 unspecified atom stereocenters. The summed E-state index contributed by atoms with van der Waals surface area (Å²) in [6.07, 6.45) is 1.16. The summed E-state index contributed by atoms with van der Waals surface area (Å²) in [5.41, 5.74) is -0.139. The Labute approximate surface area is 68.6 Å². The first kappa shape index (κ1) is 8.36. The highest BCUT2D eigenvalue weighted by Crippen LogP contribution is 2.01. The molecule has 0 fully saturated rings. The number of amides is 3. The molecule has 3 amide bonds. The van der Waals surface area contributed by atoms with Crippen molar-refractivity contribution in [1.29, 1.82) is 0 Å². The second kappa shape index (κ2) is 2.71. The van der Waals surface area contributed by atoms with Gasteiger partial charge in [-0.15, -0.1) is 0 Å². The molecule has 62 valence electrons. The molecular formula is C7H7N2O3+. The van der Waals surface area contributed by atoms with Crippen molar-refractivity contribution in [2.24, 2.45) is 0 Å². The Balaban J connectivity index is 3.25. The first-order chi connectivity index (χ1) is 5.57. The minimum Gasteiger partial charge on any atom is -0.240 e. The largest absolute Gasteiger partial charge is 0.500 e. The molecule has 5 nitrogen and oxygen atoms in total. The lowest BCUT2D eigenvalue weighted by Crippen LogP contribution is -2.44. The molecule has 0 aliphatic carbocycles. The molecule has 1 aliphatic heterocycles. The molecule has 0 N–H and O–H groups in total. The molecule has 0 saturated carbocycles. The highest BCUT2D eigenvalue weighted by atomic mass is 16.2. The zero-order valence-electron chi connectivity index (χ0n) is 6.70. The number of urea groups is 1. The molecule has 5 heteroatoms. The maximum Gasteiger partial charge on any atom is 0.500 e. The Kier molecular flexibility index (Phi) is 1.89. The topological polar surface area (TPSA) is 57.5 Å². The van der Waals surface area contributed by atoms with Crippen LogP contribution >= 0.6 is 0 Å². The number of likely N-dealkylation sites (N-methyl/N-ethyl adjacent to an activating group) is 1. The minimum atomic E-state index is -0.617. The van der Waals surface area contributed by atoms with Gasteiger partial charge in [-0.1, -0.05) is 0 Å². The summed E-state index contributed by atoms with van der Waals surface area (Å²) in [6, 6.07) is -0.459. The molecule has 0 aromatic carbocycles. The van der Waals surface area contributed by atoms with E-state index in [-0.39, 0.29) is 5.57 Å². The summed E-state index contributed by atoms with van der Waals surface area (Å²) in [7, 11) is 2.77. The van der Waals surface area contributed by atoms with Gasteiger partial charge in [0, 0.05) is 0 Å². The summed E-state index contributed by atoms with van der Waals surface area (Å²) in [6.45, 7) is 0. The molecule has 0 atom stereocenters. The lowest BCUT2D eigenvalue weighted by molar-refractivity contribution is -0.397. The normalized spacial score (nSPS) is 17.7. The van der Waals surface area contributed by atoms with Crippen LogP contribution in [0.15, 0.2) is 5.57 Å². The summed E-state index contributed by atoms with van der Waals surface area (Å²) in [5, 5.41) is 0. The van der Waals surface area contributed by atoms with Crippen molar-refractivity contribution in [3.63, 3.8) is 0 Å². The van der Waals surface area contributed by atoms with E-state index in [0.717, 1.165) is 15.7 Å². The molecule has 1 heterocycles. The predicted octanol–water partition coefficient (Wildman–Crippen LogP) is -0.951. The van der Waals surface area contributed by atoms with E-state index in [1.165, 1.54) is 20.0 Å². The van der Waals surface area contributed by atoms with Gasteiger partial charge < -0.3 is 0 Å². The van der Waals surface area contributed by atoms with Crippen molar-refractivity contribution < 1.29 is 19.0 Å². The Morgan fingerprint density at radius 2 is 2.08 bits per heavy atom. The lowest BCUT2D eigenvalue weighted by atomic mass is 10.2. The van der Waals surface area contributed by atoms with Crippen molar-refractivity contribution >= 4 is 24.1 Å². The SMILES string of the molecule is CN1C(=O)C(=C=O)C=[N+](C)C1=O. The number of imide groups is 1. The van der Waals surface area contributed by atoms with Gasteiger partial charge in [-0.25, -0.2) is 9.59 Å². The predicted molar refractivity (Wildman–Crippen MR) is 39.6 cm³/mol. The average molecular weight is 167 g/mol. The van der Waals surface area contributed by atoms with Gasteiger partial charge in [0.1, 0.15) is 12.2 Å². The number of carbonyl (C=O) groups is 2. The first-order valence-corrected chi connectivity index (χ1v) is 3.22. The third-order valence-corrected chi connectivity index (χ3v) is 1.56. The molecule has 0 bridgehead atoms. The summed E-state index contributed by atoms with van der Waals surface area (Å²) >= 11 is 0. The zero-order valence-corrected chi connectivity index (χ0v) is 6.70. The van der Waals surface area contributed by atoms with Crippen LogP contribution in [0.3, 0.4) is 0 Å².